The summed E-state index contributed by atoms with van der Waals surface area (Å²) < 4.78 is 10.7. The Bertz CT molecular complexity index is 755. The van der Waals surface area contributed by atoms with E-state index in [1.807, 2.05) is 24.3 Å². The molecule has 2 N–H and O–H groups in total. The van der Waals surface area contributed by atoms with Gasteiger partial charge in [-0.05, 0) is 48.2 Å². The van der Waals surface area contributed by atoms with Gasteiger partial charge < -0.3 is 9.47 Å². The summed E-state index contributed by atoms with van der Waals surface area (Å²) in [6.45, 7) is 5.85. The predicted octanol–water partition coefficient (Wildman–Crippen LogP) is 2.98. The highest BCUT2D eigenvalue weighted by molar-refractivity contribution is 5.85. The lowest BCUT2D eigenvalue weighted by Gasteiger charge is -2.16. The van der Waals surface area contributed by atoms with Crippen molar-refractivity contribution >= 4 is 11.8 Å². The van der Waals surface area contributed by atoms with Crippen LogP contribution in [0, 0.1) is 0 Å². The van der Waals surface area contributed by atoms with E-state index < -0.39 is 12.0 Å². The highest BCUT2D eigenvalue weighted by Crippen LogP contribution is 2.19. The number of carbonyl (C=O) groups is 2. The van der Waals surface area contributed by atoms with Gasteiger partial charge in [0.05, 0.1) is 13.5 Å². The Hall–Kier alpha value is -3.02. The molecule has 6 nitrogen and oxygen atoms in total. The molecule has 2 amide bonds. The minimum atomic E-state index is -0.740. The molecule has 2 rings (SSSR count). The second-order valence-electron chi connectivity index (χ2n) is 6.55. The van der Waals surface area contributed by atoms with Crippen molar-refractivity contribution in [3.05, 3.63) is 59.7 Å². The molecule has 1 atom stereocenters. The molecule has 0 aliphatic rings. The van der Waals surface area contributed by atoms with Crippen LogP contribution in [0.25, 0.3) is 0 Å². The topological polar surface area (TPSA) is 76.7 Å². The van der Waals surface area contributed by atoms with E-state index in [-0.39, 0.29) is 12.3 Å². The van der Waals surface area contributed by atoms with Crippen LogP contribution in [-0.2, 0) is 16.0 Å². The van der Waals surface area contributed by atoms with Crippen LogP contribution in [0.15, 0.2) is 48.5 Å². The van der Waals surface area contributed by atoms with Crippen LogP contribution in [0.2, 0.25) is 0 Å². The summed E-state index contributed by atoms with van der Waals surface area (Å²) in [7, 11) is 1.58. The van der Waals surface area contributed by atoms with Crippen LogP contribution in [0.4, 0.5) is 0 Å². The first-order valence-corrected chi connectivity index (χ1v) is 8.87. The second kappa shape index (κ2) is 9.62. The third-order valence-corrected chi connectivity index (χ3v) is 4.08. The molecule has 0 saturated carbocycles. The minimum absolute atomic E-state index is 0.149. The maximum atomic E-state index is 12.1. The summed E-state index contributed by atoms with van der Waals surface area (Å²) in [5.74, 6) is 1.01. The van der Waals surface area contributed by atoms with E-state index in [1.54, 1.807) is 38.3 Å². The molecule has 0 aliphatic heterocycles. The predicted molar refractivity (Wildman–Crippen MR) is 104 cm³/mol. The van der Waals surface area contributed by atoms with Crippen molar-refractivity contribution < 1.29 is 19.1 Å². The van der Waals surface area contributed by atoms with Crippen molar-refractivity contribution in [2.75, 3.05) is 7.11 Å². The van der Waals surface area contributed by atoms with Crippen molar-refractivity contribution in [1.82, 2.24) is 10.9 Å². The standard InChI is InChI=1S/C21H26N2O4/c1-14(2)17-7-11-19(12-8-17)27-15(3)21(25)23-22-20(24)13-16-5-9-18(26-4)10-6-16/h5-12,14-15H,13H2,1-4H3,(H,22,24)(H,23,25). The van der Waals surface area contributed by atoms with Gasteiger partial charge in [0.15, 0.2) is 6.10 Å². The molecule has 0 aliphatic carbocycles. The van der Waals surface area contributed by atoms with Crippen LogP contribution in [0.3, 0.4) is 0 Å². The number of hydrogen-bond donors (Lipinski definition) is 2. The monoisotopic (exact) mass is 370 g/mol. The molecule has 2 aromatic carbocycles. The van der Waals surface area contributed by atoms with Gasteiger partial charge in [0, 0.05) is 0 Å². The fourth-order valence-corrected chi connectivity index (χ4v) is 2.39. The zero-order chi connectivity index (χ0) is 19.8. The molecule has 2 aromatic rings. The lowest BCUT2D eigenvalue weighted by Crippen LogP contribution is -2.47. The molecule has 0 saturated heterocycles. The van der Waals surface area contributed by atoms with Crippen molar-refractivity contribution in [1.29, 1.82) is 0 Å². The highest BCUT2D eigenvalue weighted by atomic mass is 16.5. The average Bonchev–Trinajstić information content (AvgIpc) is 2.67. The van der Waals surface area contributed by atoms with Crippen molar-refractivity contribution in [3.8, 4) is 11.5 Å². The fourth-order valence-electron chi connectivity index (χ4n) is 2.39. The van der Waals surface area contributed by atoms with Crippen LogP contribution in [0.5, 0.6) is 11.5 Å². The van der Waals surface area contributed by atoms with E-state index >= 15 is 0 Å². The average molecular weight is 370 g/mol. The van der Waals surface area contributed by atoms with Gasteiger partial charge in [-0.15, -0.1) is 0 Å². The van der Waals surface area contributed by atoms with E-state index in [2.05, 4.69) is 24.7 Å². The molecule has 0 bridgehead atoms. The first-order valence-electron chi connectivity index (χ1n) is 8.87. The van der Waals surface area contributed by atoms with Gasteiger partial charge in [0.2, 0.25) is 5.91 Å². The van der Waals surface area contributed by atoms with E-state index in [9.17, 15) is 9.59 Å². The van der Waals surface area contributed by atoms with E-state index in [0.717, 1.165) is 11.3 Å². The number of hydrazine groups is 1. The minimum Gasteiger partial charge on any atom is -0.497 e. The van der Waals surface area contributed by atoms with E-state index in [4.69, 9.17) is 9.47 Å². The van der Waals surface area contributed by atoms with Gasteiger partial charge in [-0.2, -0.15) is 0 Å². The van der Waals surface area contributed by atoms with Crippen LogP contribution < -0.4 is 20.3 Å². The molecule has 0 fully saturated rings. The van der Waals surface area contributed by atoms with Crippen molar-refractivity contribution in [2.45, 2.75) is 39.2 Å². The van der Waals surface area contributed by atoms with Gasteiger partial charge >= 0.3 is 0 Å². The molecule has 6 heteroatoms. The fraction of sp³-hybridized carbons (Fsp3) is 0.333. The first kappa shape index (κ1) is 20.3. The SMILES string of the molecule is COc1ccc(CC(=O)NNC(=O)C(C)Oc2ccc(C(C)C)cc2)cc1. The Balaban J connectivity index is 1.78. The summed E-state index contributed by atoms with van der Waals surface area (Å²) in [4.78, 5) is 24.1. The summed E-state index contributed by atoms with van der Waals surface area (Å²) in [6, 6.07) is 14.8. The maximum absolute atomic E-state index is 12.1. The molecule has 27 heavy (non-hydrogen) atoms. The lowest BCUT2D eigenvalue weighted by atomic mass is 10.0. The molecule has 144 valence electrons. The number of rotatable bonds is 7. The van der Waals surface area contributed by atoms with Crippen LogP contribution in [0.1, 0.15) is 37.8 Å². The third kappa shape index (κ3) is 6.33. The molecular weight excluding hydrogens is 344 g/mol. The number of ether oxygens (including phenoxy) is 2. The Morgan fingerprint density at radius 1 is 0.889 bits per heavy atom. The third-order valence-electron chi connectivity index (χ3n) is 4.08. The molecule has 0 spiro atoms. The van der Waals surface area contributed by atoms with Crippen LogP contribution in [-0.4, -0.2) is 25.0 Å². The first-order chi connectivity index (χ1) is 12.9. The highest BCUT2D eigenvalue weighted by Gasteiger charge is 2.15. The Morgan fingerprint density at radius 3 is 2.04 bits per heavy atom. The van der Waals surface area contributed by atoms with Crippen molar-refractivity contribution in [2.24, 2.45) is 0 Å². The summed E-state index contributed by atoms with van der Waals surface area (Å²) >= 11 is 0. The normalized spacial score (nSPS) is 11.6. The number of amides is 2. The van der Waals surface area contributed by atoms with Gasteiger partial charge in [-0.3, -0.25) is 20.4 Å². The zero-order valence-electron chi connectivity index (χ0n) is 16.1. The van der Waals surface area contributed by atoms with Gasteiger partial charge in [-0.1, -0.05) is 38.1 Å². The number of methoxy groups -OCH3 is 1. The summed E-state index contributed by atoms with van der Waals surface area (Å²) in [5.41, 5.74) is 6.80. The number of carbonyl (C=O) groups excluding carboxylic acids is 2. The Morgan fingerprint density at radius 2 is 1.48 bits per heavy atom. The number of hydrogen-bond acceptors (Lipinski definition) is 4. The summed E-state index contributed by atoms with van der Waals surface area (Å²) in [6.07, 6.45) is -0.591. The van der Waals surface area contributed by atoms with E-state index in [0.29, 0.717) is 11.7 Å². The second-order valence-corrected chi connectivity index (χ2v) is 6.55. The number of benzene rings is 2. The van der Waals surface area contributed by atoms with Gasteiger partial charge in [0.25, 0.3) is 5.91 Å². The molecular formula is C21H26N2O4. The van der Waals surface area contributed by atoms with Crippen molar-refractivity contribution in [3.63, 3.8) is 0 Å². The zero-order valence-corrected chi connectivity index (χ0v) is 16.1. The molecule has 1 unspecified atom stereocenters. The van der Waals surface area contributed by atoms with Gasteiger partial charge in [0.1, 0.15) is 11.5 Å². The van der Waals surface area contributed by atoms with E-state index in [1.165, 1.54) is 5.56 Å². The smallest absolute Gasteiger partial charge is 0.279 e. The molecule has 0 heterocycles. The largest absolute Gasteiger partial charge is 0.497 e. The lowest BCUT2D eigenvalue weighted by molar-refractivity contribution is -0.132. The quantitative estimate of drug-likeness (QED) is 0.735. The Kier molecular flexibility index (Phi) is 7.23. The molecule has 0 aromatic heterocycles. The van der Waals surface area contributed by atoms with Gasteiger partial charge in [-0.25, -0.2) is 0 Å². The Labute approximate surface area is 159 Å². The molecule has 0 radical (unpaired) electrons. The maximum Gasteiger partial charge on any atom is 0.279 e. The summed E-state index contributed by atoms with van der Waals surface area (Å²) in [5, 5.41) is 0. The number of nitrogens with one attached hydrogen (secondary N) is 2. The van der Waals surface area contributed by atoms with Crippen LogP contribution >= 0.6 is 0 Å².